The lowest BCUT2D eigenvalue weighted by molar-refractivity contribution is -0.0988. The Bertz CT molecular complexity index is 583. The van der Waals surface area contributed by atoms with Gasteiger partial charge in [-0.25, -0.2) is 0 Å². The number of hydrogen-bond donors (Lipinski definition) is 0. The Kier molecular flexibility index (Phi) is 3.92. The molecule has 0 fully saturated rings. The van der Waals surface area contributed by atoms with E-state index in [9.17, 15) is 0 Å². The lowest BCUT2D eigenvalue weighted by Crippen LogP contribution is -2.39. The van der Waals surface area contributed by atoms with E-state index in [4.69, 9.17) is 16.3 Å². The van der Waals surface area contributed by atoms with Crippen LogP contribution in [-0.2, 0) is 11.3 Å². The lowest BCUT2D eigenvalue weighted by Gasteiger charge is -2.38. The van der Waals surface area contributed by atoms with Gasteiger partial charge in [-0.1, -0.05) is 32.4 Å². The van der Waals surface area contributed by atoms with E-state index in [1.165, 1.54) is 0 Å². The minimum absolute atomic E-state index is 0.0968. The van der Waals surface area contributed by atoms with Crippen LogP contribution in [0.15, 0.2) is 18.3 Å². The first-order valence-corrected chi connectivity index (χ1v) is 7.57. The molecule has 2 nitrogen and oxygen atoms in total. The molecule has 0 radical (unpaired) electrons. The molecule has 0 aliphatic carbocycles. The summed E-state index contributed by atoms with van der Waals surface area (Å²) in [5.74, 6) is 0. The summed E-state index contributed by atoms with van der Waals surface area (Å²) in [5.41, 5.74) is 0.865. The number of fused-ring (bicyclic) bond motifs is 1. The molecule has 0 aromatic carbocycles. The van der Waals surface area contributed by atoms with Crippen LogP contribution < -0.4 is 0 Å². The molecular weight excluding hydrogens is 278 g/mol. The Morgan fingerprint density at radius 3 is 2.53 bits per heavy atom. The summed E-state index contributed by atoms with van der Waals surface area (Å²) in [6.07, 6.45) is 1.74. The summed E-state index contributed by atoms with van der Waals surface area (Å²) < 4.78 is 7.13. The van der Waals surface area contributed by atoms with E-state index in [1.54, 1.807) is 17.5 Å². The van der Waals surface area contributed by atoms with E-state index < -0.39 is 0 Å². The van der Waals surface area contributed by atoms with Crippen LogP contribution in [0.5, 0.6) is 0 Å². The van der Waals surface area contributed by atoms with E-state index in [0.29, 0.717) is 6.61 Å². The number of aromatic nitrogens is 1. The largest absolute Gasteiger partial charge is 0.370 e. The number of halogens is 1. The Morgan fingerprint density at radius 2 is 1.95 bits per heavy atom. The van der Waals surface area contributed by atoms with E-state index in [2.05, 4.69) is 45.7 Å². The number of rotatable bonds is 3. The molecule has 2 heterocycles. The van der Waals surface area contributed by atoms with Crippen LogP contribution in [0.1, 0.15) is 39.5 Å². The molecular formula is C15H20ClNOS. The Morgan fingerprint density at radius 1 is 1.26 bits per heavy atom. The predicted molar refractivity (Wildman–Crippen MR) is 83.0 cm³/mol. The molecule has 104 valence electrons. The molecule has 19 heavy (non-hydrogen) atoms. The second kappa shape index (κ2) is 5.04. The second-order valence-corrected chi connectivity index (χ2v) is 7.81. The van der Waals surface area contributed by atoms with Crippen LogP contribution in [0.4, 0.5) is 0 Å². The van der Waals surface area contributed by atoms with Gasteiger partial charge in [0, 0.05) is 11.1 Å². The predicted octanol–water partition coefficient (Wildman–Crippen LogP) is 5.29. The molecule has 2 rings (SSSR count). The van der Waals surface area contributed by atoms with Gasteiger partial charge >= 0.3 is 0 Å². The molecule has 0 N–H and O–H groups in total. The standard InChI is InChI=1S/C15H20ClNOS/c1-14(2,3)15(4,5)18-9-10-8-12-13(19-10)11(16)6-7-17-12/h6-8H,9H2,1-5H3. The number of ether oxygens (including phenoxy) is 1. The maximum atomic E-state index is 6.16. The molecule has 2 aromatic heterocycles. The van der Waals surface area contributed by atoms with Gasteiger partial charge in [-0.05, 0) is 31.4 Å². The van der Waals surface area contributed by atoms with E-state index in [1.807, 2.05) is 6.07 Å². The molecule has 0 unspecified atom stereocenters. The topological polar surface area (TPSA) is 22.1 Å². The van der Waals surface area contributed by atoms with Crippen molar-refractivity contribution in [3.05, 3.63) is 28.2 Å². The molecule has 4 heteroatoms. The van der Waals surface area contributed by atoms with Gasteiger partial charge in [0.2, 0.25) is 0 Å². The fourth-order valence-corrected chi connectivity index (χ4v) is 2.70. The lowest BCUT2D eigenvalue weighted by atomic mass is 9.79. The third-order valence-electron chi connectivity index (χ3n) is 3.80. The summed E-state index contributed by atoms with van der Waals surface area (Å²) >= 11 is 7.82. The zero-order valence-electron chi connectivity index (χ0n) is 12.1. The van der Waals surface area contributed by atoms with E-state index >= 15 is 0 Å². The SMILES string of the molecule is CC(C)(C)C(C)(C)OCc1cc2nccc(Cl)c2s1. The Balaban J connectivity index is 2.17. The highest BCUT2D eigenvalue weighted by atomic mass is 35.5. The van der Waals surface area contributed by atoms with Gasteiger partial charge in [0.25, 0.3) is 0 Å². The monoisotopic (exact) mass is 297 g/mol. The van der Waals surface area contributed by atoms with Crippen LogP contribution >= 0.6 is 22.9 Å². The first kappa shape index (κ1) is 14.8. The van der Waals surface area contributed by atoms with Gasteiger partial charge in [0.1, 0.15) is 0 Å². The molecule has 0 saturated carbocycles. The number of thiophene rings is 1. The van der Waals surface area contributed by atoms with Crippen molar-refractivity contribution in [3.63, 3.8) is 0 Å². The molecule has 2 aromatic rings. The Hall–Kier alpha value is -0.640. The number of nitrogens with zero attached hydrogens (tertiary/aromatic N) is 1. The van der Waals surface area contributed by atoms with Crippen molar-refractivity contribution in [2.75, 3.05) is 0 Å². The van der Waals surface area contributed by atoms with Crippen molar-refractivity contribution in [3.8, 4) is 0 Å². The van der Waals surface area contributed by atoms with E-state index in [0.717, 1.165) is 20.1 Å². The zero-order valence-corrected chi connectivity index (χ0v) is 13.7. The van der Waals surface area contributed by atoms with E-state index in [-0.39, 0.29) is 11.0 Å². The van der Waals surface area contributed by atoms with Gasteiger partial charge in [-0.15, -0.1) is 11.3 Å². The molecule has 0 amide bonds. The average molecular weight is 298 g/mol. The van der Waals surface area contributed by atoms with Gasteiger partial charge in [-0.3, -0.25) is 4.98 Å². The zero-order chi connectivity index (χ0) is 14.3. The summed E-state index contributed by atoms with van der Waals surface area (Å²) in [5, 5.41) is 0.760. The van der Waals surface area contributed by atoms with Gasteiger partial charge < -0.3 is 4.74 Å². The van der Waals surface area contributed by atoms with Crippen LogP contribution in [0.2, 0.25) is 5.02 Å². The normalized spacial score (nSPS) is 13.2. The van der Waals surface area contributed by atoms with Crippen LogP contribution in [0, 0.1) is 5.41 Å². The number of pyridine rings is 1. The van der Waals surface area contributed by atoms with Crippen LogP contribution in [0.25, 0.3) is 10.2 Å². The summed E-state index contributed by atoms with van der Waals surface area (Å²) in [6.45, 7) is 11.4. The molecule has 0 atom stereocenters. The first-order chi connectivity index (χ1) is 8.71. The molecule has 0 bridgehead atoms. The molecule has 0 aliphatic heterocycles. The van der Waals surface area contributed by atoms with Crippen LogP contribution in [-0.4, -0.2) is 10.6 Å². The summed E-state index contributed by atoms with van der Waals surface area (Å²) in [7, 11) is 0. The molecule has 0 spiro atoms. The smallest absolute Gasteiger partial charge is 0.0828 e. The highest BCUT2D eigenvalue weighted by molar-refractivity contribution is 7.19. The fourth-order valence-electron chi connectivity index (χ4n) is 1.50. The van der Waals surface area contributed by atoms with Crippen molar-refractivity contribution < 1.29 is 4.74 Å². The third kappa shape index (κ3) is 3.10. The Labute approximate surface area is 123 Å². The van der Waals surface area contributed by atoms with Crippen molar-refractivity contribution in [1.82, 2.24) is 4.98 Å². The van der Waals surface area contributed by atoms with Crippen molar-refractivity contribution in [1.29, 1.82) is 0 Å². The highest BCUT2D eigenvalue weighted by Gasteiger charge is 2.33. The highest BCUT2D eigenvalue weighted by Crippen LogP contribution is 2.36. The summed E-state index contributed by atoms with van der Waals surface area (Å²) in [4.78, 5) is 5.49. The summed E-state index contributed by atoms with van der Waals surface area (Å²) in [6, 6.07) is 3.88. The molecule has 0 saturated heterocycles. The molecule has 0 aliphatic rings. The van der Waals surface area contributed by atoms with Crippen LogP contribution in [0.3, 0.4) is 0 Å². The quantitative estimate of drug-likeness (QED) is 0.768. The average Bonchev–Trinajstić information content (AvgIpc) is 2.69. The fraction of sp³-hybridized carbons (Fsp3) is 0.533. The second-order valence-electron chi connectivity index (χ2n) is 6.27. The van der Waals surface area contributed by atoms with Crippen molar-refractivity contribution in [2.45, 2.75) is 46.8 Å². The maximum absolute atomic E-state index is 6.16. The van der Waals surface area contributed by atoms with Crippen molar-refractivity contribution in [2.24, 2.45) is 5.41 Å². The van der Waals surface area contributed by atoms with Gasteiger partial charge in [0.15, 0.2) is 0 Å². The first-order valence-electron chi connectivity index (χ1n) is 6.37. The maximum Gasteiger partial charge on any atom is 0.0828 e. The minimum atomic E-state index is -0.180. The minimum Gasteiger partial charge on any atom is -0.370 e. The van der Waals surface area contributed by atoms with Gasteiger partial charge in [-0.2, -0.15) is 0 Å². The third-order valence-corrected chi connectivity index (χ3v) is 5.35. The van der Waals surface area contributed by atoms with Crippen molar-refractivity contribution >= 4 is 33.2 Å². The number of hydrogen-bond acceptors (Lipinski definition) is 3. The van der Waals surface area contributed by atoms with Gasteiger partial charge in [0.05, 0.1) is 27.4 Å².